The molecule has 1 heterocycles. The molecule has 1 saturated heterocycles. The van der Waals surface area contributed by atoms with Crippen molar-refractivity contribution < 1.29 is 34.6 Å². The number of ether oxygens (including phenoxy) is 3. The molecule has 14 atom stereocenters. The van der Waals surface area contributed by atoms with Crippen LogP contribution in [0.25, 0.3) is 0 Å². The van der Waals surface area contributed by atoms with Gasteiger partial charge in [0.1, 0.15) is 11.7 Å². The maximum Gasteiger partial charge on any atom is 0.110 e. The number of piperidine rings is 1. The zero-order chi connectivity index (χ0) is 22.8. The molecule has 4 N–H and O–H groups in total. The van der Waals surface area contributed by atoms with Crippen LogP contribution in [0.4, 0.5) is 0 Å². The summed E-state index contributed by atoms with van der Waals surface area (Å²) in [6.07, 6.45) is -1.22. The third-order valence-electron chi connectivity index (χ3n) is 11.2. The molecule has 0 radical (unpaired) electrons. The van der Waals surface area contributed by atoms with Crippen molar-refractivity contribution in [2.24, 2.45) is 40.4 Å². The molecule has 6 rings (SSSR count). The molecule has 0 aromatic heterocycles. The van der Waals surface area contributed by atoms with E-state index in [9.17, 15) is 20.4 Å². The van der Waals surface area contributed by atoms with Gasteiger partial charge in [-0.2, -0.15) is 0 Å². The fraction of sp³-hybridized carbons (Fsp3) is 1.00. The summed E-state index contributed by atoms with van der Waals surface area (Å²) in [6.45, 7) is 4.33. The molecular formula is C24H39NO7. The smallest absolute Gasteiger partial charge is 0.110 e. The third kappa shape index (κ3) is 2.07. The zero-order valence-electron chi connectivity index (χ0n) is 19.6. The summed E-state index contributed by atoms with van der Waals surface area (Å²) in [5.41, 5.74) is -2.24. The Bertz CT molecular complexity index is 783. The molecule has 5 saturated carbocycles. The van der Waals surface area contributed by atoms with Crippen molar-refractivity contribution in [1.29, 1.82) is 0 Å². The first-order valence-electron chi connectivity index (χ1n) is 12.3. The monoisotopic (exact) mass is 453 g/mol. The van der Waals surface area contributed by atoms with Gasteiger partial charge >= 0.3 is 0 Å². The van der Waals surface area contributed by atoms with Crippen LogP contribution in [-0.4, -0.2) is 109 Å². The summed E-state index contributed by atoms with van der Waals surface area (Å²) >= 11 is 0. The minimum absolute atomic E-state index is 0.000250. The van der Waals surface area contributed by atoms with Crippen LogP contribution in [0.1, 0.15) is 26.2 Å². The van der Waals surface area contributed by atoms with Gasteiger partial charge in [0.05, 0.1) is 31.0 Å². The highest BCUT2D eigenvalue weighted by atomic mass is 16.5. The van der Waals surface area contributed by atoms with Gasteiger partial charge in [-0.3, -0.25) is 4.90 Å². The Kier molecular flexibility index (Phi) is 4.76. The normalized spacial score (nSPS) is 62.4. The van der Waals surface area contributed by atoms with Gasteiger partial charge in [-0.25, -0.2) is 0 Å². The summed E-state index contributed by atoms with van der Waals surface area (Å²) in [6, 6.07) is -0.120. The van der Waals surface area contributed by atoms with Crippen LogP contribution in [0.3, 0.4) is 0 Å². The van der Waals surface area contributed by atoms with E-state index in [1.54, 1.807) is 21.3 Å². The topological polar surface area (TPSA) is 112 Å². The maximum atomic E-state index is 12.5. The molecule has 182 valence electrons. The molecule has 8 nitrogen and oxygen atoms in total. The molecule has 0 aromatic carbocycles. The summed E-state index contributed by atoms with van der Waals surface area (Å²) < 4.78 is 17.7. The second-order valence-electron chi connectivity index (χ2n) is 11.6. The number of fused-ring (bicyclic) bond motifs is 2. The fourth-order valence-electron chi connectivity index (χ4n) is 10.7. The van der Waals surface area contributed by atoms with Gasteiger partial charge in [-0.05, 0) is 31.7 Å². The fourth-order valence-corrected chi connectivity index (χ4v) is 10.7. The average Bonchev–Trinajstić information content (AvgIpc) is 3.19. The van der Waals surface area contributed by atoms with Crippen molar-refractivity contribution in [3.63, 3.8) is 0 Å². The number of hydrogen-bond acceptors (Lipinski definition) is 8. The molecule has 6 fully saturated rings. The van der Waals surface area contributed by atoms with Gasteiger partial charge in [0.15, 0.2) is 0 Å². The molecule has 0 aromatic rings. The second-order valence-corrected chi connectivity index (χ2v) is 11.6. The lowest BCUT2D eigenvalue weighted by Crippen LogP contribution is -2.78. The van der Waals surface area contributed by atoms with Crippen LogP contribution in [0.15, 0.2) is 0 Å². The lowest BCUT2D eigenvalue weighted by Gasteiger charge is -2.69. The second kappa shape index (κ2) is 6.88. The van der Waals surface area contributed by atoms with E-state index >= 15 is 0 Å². The molecule has 0 amide bonds. The van der Waals surface area contributed by atoms with E-state index in [1.165, 1.54) is 0 Å². The highest BCUT2D eigenvalue weighted by Crippen LogP contribution is 2.79. The van der Waals surface area contributed by atoms with Crippen molar-refractivity contribution in [1.82, 2.24) is 4.90 Å². The molecule has 1 unspecified atom stereocenters. The van der Waals surface area contributed by atoms with Crippen LogP contribution >= 0.6 is 0 Å². The number of aliphatic hydroxyl groups is 4. The van der Waals surface area contributed by atoms with E-state index in [2.05, 4.69) is 11.8 Å². The number of nitrogens with zero attached hydrogens (tertiary/aromatic N) is 1. The van der Waals surface area contributed by atoms with E-state index < -0.39 is 47.3 Å². The van der Waals surface area contributed by atoms with Gasteiger partial charge in [-0.1, -0.05) is 6.92 Å². The average molecular weight is 454 g/mol. The van der Waals surface area contributed by atoms with Gasteiger partial charge in [0.25, 0.3) is 0 Å². The molecule has 7 bridgehead atoms. The Morgan fingerprint density at radius 1 is 1.03 bits per heavy atom. The first kappa shape index (κ1) is 22.2. The third-order valence-corrected chi connectivity index (χ3v) is 11.2. The minimum Gasteiger partial charge on any atom is -0.392 e. The number of aliphatic hydroxyl groups excluding tert-OH is 3. The number of likely N-dealkylation sites (tertiary alicyclic amines) is 1. The summed E-state index contributed by atoms with van der Waals surface area (Å²) in [5.74, 6) is -1.29. The van der Waals surface area contributed by atoms with E-state index in [1.807, 2.05) is 0 Å². The van der Waals surface area contributed by atoms with Crippen molar-refractivity contribution in [2.45, 2.75) is 68.3 Å². The largest absolute Gasteiger partial charge is 0.392 e. The van der Waals surface area contributed by atoms with Gasteiger partial charge in [0, 0.05) is 68.4 Å². The number of hydrogen-bond donors (Lipinski definition) is 4. The molecular weight excluding hydrogens is 414 g/mol. The van der Waals surface area contributed by atoms with Crippen molar-refractivity contribution in [2.75, 3.05) is 41.0 Å². The summed E-state index contributed by atoms with van der Waals surface area (Å²) in [5, 5.41) is 47.3. The van der Waals surface area contributed by atoms with Crippen molar-refractivity contribution in [3.8, 4) is 0 Å². The lowest BCUT2D eigenvalue weighted by molar-refractivity contribution is -0.297. The Balaban J connectivity index is 1.64. The van der Waals surface area contributed by atoms with E-state index in [-0.39, 0.29) is 35.3 Å². The van der Waals surface area contributed by atoms with Crippen LogP contribution in [0.5, 0.6) is 0 Å². The lowest BCUT2D eigenvalue weighted by atomic mass is 9.43. The molecule has 5 aliphatic carbocycles. The molecule has 32 heavy (non-hydrogen) atoms. The van der Waals surface area contributed by atoms with Crippen molar-refractivity contribution >= 4 is 0 Å². The van der Waals surface area contributed by atoms with Crippen LogP contribution in [-0.2, 0) is 14.2 Å². The van der Waals surface area contributed by atoms with Gasteiger partial charge in [0.2, 0.25) is 0 Å². The van der Waals surface area contributed by atoms with E-state index in [0.29, 0.717) is 19.4 Å². The SMILES string of the molecule is CCN1C[C@]2(COC)CC[C@H](O)[C@]34C2[C@H](OC)[C@H]([C@H]13)[C@@]1(O)[C@H]2[C@@H](O)[C@H](C[C@H]24)[C@@H](OC)[C@@H]1O. The number of rotatable bonds is 5. The zero-order valence-corrected chi connectivity index (χ0v) is 19.6. The molecule has 6 aliphatic rings. The Labute approximate surface area is 189 Å². The number of methoxy groups -OCH3 is 3. The van der Waals surface area contributed by atoms with Crippen LogP contribution < -0.4 is 0 Å². The van der Waals surface area contributed by atoms with Crippen molar-refractivity contribution in [3.05, 3.63) is 0 Å². The molecule has 8 heteroatoms. The Hall–Kier alpha value is -0.320. The van der Waals surface area contributed by atoms with E-state index in [0.717, 1.165) is 19.5 Å². The Morgan fingerprint density at radius 2 is 1.75 bits per heavy atom. The Morgan fingerprint density at radius 3 is 2.38 bits per heavy atom. The summed E-state index contributed by atoms with van der Waals surface area (Å²) in [4.78, 5) is 2.42. The maximum absolute atomic E-state index is 12.5. The van der Waals surface area contributed by atoms with Gasteiger partial charge in [-0.15, -0.1) is 0 Å². The predicted octanol–water partition coefficient (Wildman–Crippen LogP) is -0.527. The minimum atomic E-state index is -1.54. The molecule has 1 spiro atoms. The summed E-state index contributed by atoms with van der Waals surface area (Å²) in [7, 11) is 4.98. The highest BCUT2D eigenvalue weighted by Gasteiger charge is 2.87. The quantitative estimate of drug-likeness (QED) is 0.440. The van der Waals surface area contributed by atoms with Gasteiger partial charge < -0.3 is 34.6 Å². The highest BCUT2D eigenvalue weighted by molar-refractivity contribution is 5.36. The van der Waals surface area contributed by atoms with Crippen LogP contribution in [0.2, 0.25) is 0 Å². The standard InChI is InChI=1S/C24H39NO7/c1-5-25-9-22(10-30-2)7-6-13(26)23-12-8-11-16(27)14(12)24(29,21(28)17(11)31-3)15(20(23)25)18(32-4)19(22)23/h11-21,26-29H,5-10H2,1-4H3/t11-,12+,13-,14+,15+,16-,17+,18+,19?,20-,21-,22-,23+,24-/m0/s1. The first-order chi connectivity index (χ1) is 15.3. The molecule has 1 aliphatic heterocycles. The van der Waals surface area contributed by atoms with Crippen LogP contribution in [0, 0.1) is 40.4 Å². The van der Waals surface area contributed by atoms with E-state index in [4.69, 9.17) is 14.2 Å². The first-order valence-corrected chi connectivity index (χ1v) is 12.3. The predicted molar refractivity (Wildman–Crippen MR) is 114 cm³/mol.